The summed E-state index contributed by atoms with van der Waals surface area (Å²) in [6.45, 7) is 2.12. The number of thioether (sulfide) groups is 1. The van der Waals surface area contributed by atoms with Gasteiger partial charge in [-0.1, -0.05) is 24.8 Å². The molecule has 0 aromatic heterocycles. The zero-order valence-corrected chi connectivity index (χ0v) is 8.93. The van der Waals surface area contributed by atoms with E-state index in [9.17, 15) is 4.79 Å². The largest absolute Gasteiger partial charge is 0.302 e. The van der Waals surface area contributed by atoms with E-state index in [4.69, 9.17) is 0 Å². The summed E-state index contributed by atoms with van der Waals surface area (Å²) in [5, 5.41) is 0. The van der Waals surface area contributed by atoms with Gasteiger partial charge in [-0.25, -0.2) is 0 Å². The zero-order valence-electron chi connectivity index (χ0n) is 8.12. The molecule has 14 heavy (non-hydrogen) atoms. The fourth-order valence-corrected chi connectivity index (χ4v) is 1.74. The van der Waals surface area contributed by atoms with Crippen LogP contribution in [0.2, 0.25) is 0 Å². The van der Waals surface area contributed by atoms with E-state index < -0.39 is 0 Å². The monoisotopic (exact) mass is 204 g/mol. The van der Waals surface area contributed by atoms with Crippen LogP contribution in [-0.4, -0.2) is 12.0 Å². The zero-order chi connectivity index (χ0) is 10.2. The molecule has 1 nitrogen and oxygen atoms in total. The Morgan fingerprint density at radius 3 is 3.07 bits per heavy atom. The van der Waals surface area contributed by atoms with Crippen LogP contribution in [0.4, 0.5) is 0 Å². The van der Waals surface area contributed by atoms with Gasteiger partial charge in [0.15, 0.2) is 0 Å². The smallest absolute Gasteiger partial charge is 0.131 e. The van der Waals surface area contributed by atoms with E-state index in [1.807, 2.05) is 18.2 Å². The third-order valence-corrected chi connectivity index (χ3v) is 2.44. The van der Waals surface area contributed by atoms with Crippen LogP contribution in [0.25, 0.3) is 0 Å². The summed E-state index contributed by atoms with van der Waals surface area (Å²) in [5.74, 6) is 6.80. The van der Waals surface area contributed by atoms with Gasteiger partial charge in [0, 0.05) is 10.5 Å². The number of carbonyl (C=O) groups excluding carboxylic acids is 1. The van der Waals surface area contributed by atoms with Crippen molar-refractivity contribution in [2.24, 2.45) is 0 Å². The Bertz CT molecular complexity index is 360. The quantitative estimate of drug-likeness (QED) is 0.428. The van der Waals surface area contributed by atoms with Crippen molar-refractivity contribution in [3.63, 3.8) is 0 Å². The van der Waals surface area contributed by atoms with Crippen LogP contribution in [0.1, 0.15) is 18.9 Å². The van der Waals surface area contributed by atoms with Crippen molar-refractivity contribution in [2.45, 2.75) is 18.2 Å². The summed E-state index contributed by atoms with van der Waals surface area (Å²) < 4.78 is 0. The summed E-state index contributed by atoms with van der Waals surface area (Å²) in [6.07, 6.45) is 1.13. The highest BCUT2D eigenvalue weighted by Crippen LogP contribution is 2.17. The molecular formula is C12H12OS. The molecule has 1 aromatic carbocycles. The van der Waals surface area contributed by atoms with E-state index >= 15 is 0 Å². The van der Waals surface area contributed by atoms with Gasteiger partial charge in [-0.15, -0.1) is 11.8 Å². The first-order valence-electron chi connectivity index (χ1n) is 4.52. The molecule has 0 aliphatic rings. The summed E-state index contributed by atoms with van der Waals surface area (Å²) in [6, 6.07) is 8.06. The molecule has 0 fully saturated rings. The van der Waals surface area contributed by atoms with Crippen LogP contribution in [0.15, 0.2) is 29.2 Å². The molecule has 0 heterocycles. The minimum atomic E-state index is 0.311. The molecule has 0 N–H and O–H groups in total. The maximum absolute atomic E-state index is 10.1. The topological polar surface area (TPSA) is 17.1 Å². The van der Waals surface area contributed by atoms with Crippen LogP contribution in [0.5, 0.6) is 0 Å². The summed E-state index contributed by atoms with van der Waals surface area (Å²) in [5.41, 5.74) is 0.977. The molecule has 0 spiro atoms. The van der Waals surface area contributed by atoms with E-state index in [0.29, 0.717) is 6.42 Å². The van der Waals surface area contributed by atoms with Gasteiger partial charge in [0.1, 0.15) is 6.29 Å². The van der Waals surface area contributed by atoms with Gasteiger partial charge in [-0.3, -0.25) is 0 Å². The minimum Gasteiger partial charge on any atom is -0.302 e. The molecular weight excluding hydrogens is 192 g/mol. The van der Waals surface area contributed by atoms with Gasteiger partial charge in [0.05, 0.1) is 6.42 Å². The van der Waals surface area contributed by atoms with E-state index in [0.717, 1.165) is 17.6 Å². The Hall–Kier alpha value is -1.20. The van der Waals surface area contributed by atoms with E-state index in [2.05, 4.69) is 24.8 Å². The number of rotatable bonds is 3. The Labute approximate surface area is 88.9 Å². The highest BCUT2D eigenvalue weighted by molar-refractivity contribution is 7.99. The number of hydrogen-bond donors (Lipinski definition) is 0. The molecule has 72 valence electrons. The second-order valence-corrected chi connectivity index (χ2v) is 3.97. The number of benzene rings is 1. The van der Waals surface area contributed by atoms with Crippen LogP contribution in [-0.2, 0) is 4.79 Å². The molecule has 0 radical (unpaired) electrons. The predicted molar refractivity (Wildman–Crippen MR) is 60.4 cm³/mol. The average Bonchev–Trinajstić information content (AvgIpc) is 2.19. The lowest BCUT2D eigenvalue weighted by molar-refractivity contribution is -0.107. The lowest BCUT2D eigenvalue weighted by Crippen LogP contribution is -1.77. The first kappa shape index (κ1) is 10.9. The highest BCUT2D eigenvalue weighted by Gasteiger charge is 1.91. The predicted octanol–water partition coefficient (Wildman–Crippen LogP) is 2.74. The molecule has 1 aromatic rings. The second kappa shape index (κ2) is 6.28. The average molecular weight is 204 g/mol. The molecule has 0 aliphatic carbocycles. The van der Waals surface area contributed by atoms with Crippen molar-refractivity contribution in [1.82, 2.24) is 0 Å². The SMILES string of the molecule is CCSc1cccc(C#CCC=O)c1. The van der Waals surface area contributed by atoms with Crippen molar-refractivity contribution in [2.75, 3.05) is 5.75 Å². The fourth-order valence-electron chi connectivity index (χ4n) is 1.03. The summed E-state index contributed by atoms with van der Waals surface area (Å²) in [7, 11) is 0. The van der Waals surface area contributed by atoms with Crippen LogP contribution in [0, 0.1) is 11.8 Å². The molecule has 1 rings (SSSR count). The fraction of sp³-hybridized carbons (Fsp3) is 0.250. The van der Waals surface area contributed by atoms with Crippen LogP contribution < -0.4 is 0 Å². The van der Waals surface area contributed by atoms with Gasteiger partial charge < -0.3 is 4.79 Å². The summed E-state index contributed by atoms with van der Waals surface area (Å²) in [4.78, 5) is 11.3. The maximum Gasteiger partial charge on any atom is 0.131 e. The van der Waals surface area contributed by atoms with Crippen molar-refractivity contribution in [1.29, 1.82) is 0 Å². The third kappa shape index (κ3) is 3.68. The van der Waals surface area contributed by atoms with Gasteiger partial charge >= 0.3 is 0 Å². The molecule has 0 aliphatic heterocycles. The number of carbonyl (C=O) groups is 1. The molecule has 2 heteroatoms. The summed E-state index contributed by atoms with van der Waals surface area (Å²) >= 11 is 1.79. The second-order valence-electron chi connectivity index (χ2n) is 2.63. The third-order valence-electron chi connectivity index (χ3n) is 1.56. The van der Waals surface area contributed by atoms with Gasteiger partial charge in [0.25, 0.3) is 0 Å². The van der Waals surface area contributed by atoms with E-state index in [-0.39, 0.29) is 0 Å². The number of hydrogen-bond acceptors (Lipinski definition) is 2. The number of aldehydes is 1. The molecule has 0 bridgehead atoms. The van der Waals surface area contributed by atoms with Crippen molar-refractivity contribution < 1.29 is 4.79 Å². The molecule has 0 amide bonds. The Morgan fingerprint density at radius 2 is 2.36 bits per heavy atom. The van der Waals surface area contributed by atoms with Crippen LogP contribution in [0.3, 0.4) is 0 Å². The van der Waals surface area contributed by atoms with Crippen molar-refractivity contribution in [3.8, 4) is 11.8 Å². The Balaban J connectivity index is 2.74. The van der Waals surface area contributed by atoms with Crippen molar-refractivity contribution in [3.05, 3.63) is 29.8 Å². The van der Waals surface area contributed by atoms with E-state index in [1.165, 1.54) is 4.90 Å². The lowest BCUT2D eigenvalue weighted by atomic mass is 10.2. The molecule has 0 atom stereocenters. The Kier molecular flexibility index (Phi) is 4.88. The van der Waals surface area contributed by atoms with Gasteiger partial charge in [-0.05, 0) is 24.0 Å². The minimum absolute atomic E-state index is 0.311. The van der Waals surface area contributed by atoms with Gasteiger partial charge in [-0.2, -0.15) is 0 Å². The Morgan fingerprint density at radius 1 is 1.50 bits per heavy atom. The first-order chi connectivity index (χ1) is 6.86. The van der Waals surface area contributed by atoms with Crippen LogP contribution >= 0.6 is 11.8 Å². The lowest BCUT2D eigenvalue weighted by Gasteiger charge is -1.97. The normalized spacial score (nSPS) is 8.93. The van der Waals surface area contributed by atoms with Gasteiger partial charge in [0.2, 0.25) is 0 Å². The van der Waals surface area contributed by atoms with E-state index in [1.54, 1.807) is 11.8 Å². The molecule has 0 saturated heterocycles. The standard InChI is InChI=1S/C12H12OS/c1-2-14-12-8-5-7-11(10-12)6-3-4-9-13/h5,7-10H,2,4H2,1H3. The first-order valence-corrected chi connectivity index (χ1v) is 5.50. The maximum atomic E-state index is 10.1. The van der Waals surface area contributed by atoms with Crippen molar-refractivity contribution >= 4 is 18.0 Å². The molecule has 0 saturated carbocycles. The molecule has 0 unspecified atom stereocenters. The highest BCUT2D eigenvalue weighted by atomic mass is 32.2.